The Morgan fingerprint density at radius 3 is 2.50 bits per heavy atom. The molecule has 20 heavy (non-hydrogen) atoms. The van der Waals surface area contributed by atoms with Crippen LogP contribution in [0.15, 0.2) is 46.0 Å². The molecular formula is C14H18N2O2S2. The topological polar surface area (TPSA) is 63.4 Å². The smallest absolute Gasteiger partial charge is 0.252 e. The normalized spacial score (nSPS) is 11.9. The first-order chi connectivity index (χ1) is 9.54. The maximum Gasteiger partial charge on any atom is 0.252 e. The SMILES string of the molecule is CN(CCc1ccccc1)S(=O)(=O)c1cc(CN)cs1. The number of hydrogen-bond donors (Lipinski definition) is 1. The standard InChI is InChI=1S/C14H18N2O2S2/c1-16(8-7-12-5-3-2-4-6-12)20(17,18)14-9-13(10-15)11-19-14/h2-6,9,11H,7-8,10,15H2,1H3. The van der Waals surface area contributed by atoms with E-state index in [1.165, 1.54) is 15.6 Å². The van der Waals surface area contributed by atoms with Crippen LogP contribution in [0, 0.1) is 0 Å². The lowest BCUT2D eigenvalue weighted by Crippen LogP contribution is -2.28. The van der Waals surface area contributed by atoms with Crippen molar-refractivity contribution in [2.45, 2.75) is 17.2 Å². The third-order valence-corrected chi connectivity index (χ3v) is 6.41. The van der Waals surface area contributed by atoms with Crippen molar-refractivity contribution in [2.75, 3.05) is 13.6 Å². The van der Waals surface area contributed by atoms with Crippen molar-refractivity contribution in [3.63, 3.8) is 0 Å². The van der Waals surface area contributed by atoms with E-state index in [9.17, 15) is 8.42 Å². The van der Waals surface area contributed by atoms with E-state index in [2.05, 4.69) is 0 Å². The van der Waals surface area contributed by atoms with Crippen LogP contribution >= 0.6 is 11.3 Å². The molecule has 0 radical (unpaired) electrons. The molecular weight excluding hydrogens is 292 g/mol. The Labute approximate surface area is 123 Å². The average molecular weight is 310 g/mol. The van der Waals surface area contributed by atoms with Crippen molar-refractivity contribution >= 4 is 21.4 Å². The minimum atomic E-state index is -3.40. The van der Waals surface area contributed by atoms with Gasteiger partial charge in [-0.15, -0.1) is 11.3 Å². The van der Waals surface area contributed by atoms with Gasteiger partial charge in [-0.3, -0.25) is 0 Å². The number of nitrogens with two attached hydrogens (primary N) is 1. The van der Waals surface area contributed by atoms with Gasteiger partial charge in [0.15, 0.2) is 0 Å². The van der Waals surface area contributed by atoms with Gasteiger partial charge in [0.1, 0.15) is 4.21 Å². The predicted octanol–water partition coefficient (Wildman–Crippen LogP) is 2.07. The van der Waals surface area contributed by atoms with Gasteiger partial charge in [-0.25, -0.2) is 8.42 Å². The highest BCUT2D eigenvalue weighted by atomic mass is 32.2. The summed E-state index contributed by atoms with van der Waals surface area (Å²) in [6, 6.07) is 11.5. The number of hydrogen-bond acceptors (Lipinski definition) is 4. The number of likely N-dealkylation sites (N-methyl/N-ethyl adjacent to an activating group) is 1. The lowest BCUT2D eigenvalue weighted by atomic mass is 10.2. The van der Waals surface area contributed by atoms with Gasteiger partial charge in [0.05, 0.1) is 0 Å². The van der Waals surface area contributed by atoms with Gasteiger partial charge in [-0.2, -0.15) is 4.31 Å². The van der Waals surface area contributed by atoms with Crippen LogP contribution in [-0.2, 0) is 23.0 Å². The highest BCUT2D eigenvalue weighted by Gasteiger charge is 2.22. The maximum atomic E-state index is 12.4. The van der Waals surface area contributed by atoms with Crippen LogP contribution in [0.4, 0.5) is 0 Å². The van der Waals surface area contributed by atoms with Crippen LogP contribution in [0.1, 0.15) is 11.1 Å². The fraction of sp³-hybridized carbons (Fsp3) is 0.286. The summed E-state index contributed by atoms with van der Waals surface area (Å²) in [5.41, 5.74) is 7.50. The van der Waals surface area contributed by atoms with Crippen molar-refractivity contribution in [3.05, 3.63) is 52.9 Å². The molecule has 0 atom stereocenters. The second kappa shape index (κ2) is 6.49. The Hall–Kier alpha value is -1.21. The van der Waals surface area contributed by atoms with Crippen molar-refractivity contribution in [3.8, 4) is 0 Å². The van der Waals surface area contributed by atoms with Gasteiger partial charge in [0.2, 0.25) is 0 Å². The van der Waals surface area contributed by atoms with Gasteiger partial charge in [0, 0.05) is 20.1 Å². The first kappa shape index (κ1) is 15.2. The number of thiophene rings is 1. The number of nitrogens with zero attached hydrogens (tertiary/aromatic N) is 1. The molecule has 0 fully saturated rings. The van der Waals surface area contributed by atoms with Gasteiger partial charge in [-0.05, 0) is 29.0 Å². The fourth-order valence-electron chi connectivity index (χ4n) is 1.80. The van der Waals surface area contributed by atoms with Crippen LogP contribution in [0.5, 0.6) is 0 Å². The zero-order valence-corrected chi connectivity index (χ0v) is 13.0. The molecule has 0 saturated heterocycles. The largest absolute Gasteiger partial charge is 0.326 e. The quantitative estimate of drug-likeness (QED) is 0.888. The van der Waals surface area contributed by atoms with Crippen LogP contribution in [0.3, 0.4) is 0 Å². The molecule has 0 bridgehead atoms. The van der Waals surface area contributed by atoms with Crippen LogP contribution < -0.4 is 5.73 Å². The molecule has 6 heteroatoms. The minimum Gasteiger partial charge on any atom is -0.326 e. The molecule has 0 unspecified atom stereocenters. The molecule has 0 saturated carbocycles. The molecule has 0 spiro atoms. The molecule has 1 heterocycles. The lowest BCUT2D eigenvalue weighted by Gasteiger charge is -2.15. The molecule has 108 valence electrons. The van der Waals surface area contributed by atoms with E-state index in [1.807, 2.05) is 30.3 Å². The van der Waals surface area contributed by atoms with E-state index >= 15 is 0 Å². The summed E-state index contributed by atoms with van der Waals surface area (Å²) in [6.07, 6.45) is 0.700. The van der Waals surface area contributed by atoms with Crippen LogP contribution in [0.25, 0.3) is 0 Å². The van der Waals surface area contributed by atoms with E-state index in [1.54, 1.807) is 18.5 Å². The molecule has 0 aliphatic rings. The number of sulfonamides is 1. The van der Waals surface area contributed by atoms with E-state index in [4.69, 9.17) is 5.73 Å². The monoisotopic (exact) mass is 310 g/mol. The summed E-state index contributed by atoms with van der Waals surface area (Å²) in [7, 11) is -1.79. The Kier molecular flexibility index (Phi) is 4.93. The minimum absolute atomic E-state index is 0.355. The summed E-state index contributed by atoms with van der Waals surface area (Å²) in [5.74, 6) is 0. The first-order valence-electron chi connectivity index (χ1n) is 6.32. The predicted molar refractivity (Wildman–Crippen MR) is 82.2 cm³/mol. The Bertz CT molecular complexity index is 651. The van der Waals surface area contributed by atoms with E-state index in [0.717, 1.165) is 11.1 Å². The Morgan fingerprint density at radius 2 is 1.90 bits per heavy atom. The Morgan fingerprint density at radius 1 is 1.20 bits per heavy atom. The average Bonchev–Trinajstić information content (AvgIpc) is 2.95. The summed E-state index contributed by atoms with van der Waals surface area (Å²) in [6.45, 7) is 0.821. The second-order valence-corrected chi connectivity index (χ2v) is 7.72. The Balaban J connectivity index is 2.05. The summed E-state index contributed by atoms with van der Waals surface area (Å²) in [4.78, 5) is 0. The molecule has 2 aromatic rings. The van der Waals surface area contributed by atoms with Crippen molar-refractivity contribution < 1.29 is 8.42 Å². The van der Waals surface area contributed by atoms with Crippen molar-refractivity contribution in [1.29, 1.82) is 0 Å². The molecule has 2 N–H and O–H groups in total. The third kappa shape index (κ3) is 3.46. The summed E-state index contributed by atoms with van der Waals surface area (Å²) < 4.78 is 26.5. The fourth-order valence-corrected chi connectivity index (χ4v) is 4.40. The molecule has 0 aliphatic heterocycles. The second-order valence-electron chi connectivity index (χ2n) is 4.54. The molecule has 1 aromatic heterocycles. The number of benzene rings is 1. The zero-order chi connectivity index (χ0) is 14.6. The molecule has 4 nitrogen and oxygen atoms in total. The molecule has 0 aliphatic carbocycles. The highest BCUT2D eigenvalue weighted by Crippen LogP contribution is 2.23. The maximum absolute atomic E-state index is 12.4. The molecule has 1 aromatic carbocycles. The van der Waals surface area contributed by atoms with Gasteiger partial charge in [0.25, 0.3) is 10.0 Å². The first-order valence-corrected chi connectivity index (χ1v) is 8.64. The van der Waals surface area contributed by atoms with Crippen LogP contribution in [-0.4, -0.2) is 26.3 Å². The van der Waals surface area contributed by atoms with Gasteiger partial charge < -0.3 is 5.73 Å². The zero-order valence-electron chi connectivity index (χ0n) is 11.3. The van der Waals surface area contributed by atoms with Crippen molar-refractivity contribution in [1.82, 2.24) is 4.31 Å². The van der Waals surface area contributed by atoms with E-state index < -0.39 is 10.0 Å². The number of rotatable bonds is 6. The van der Waals surface area contributed by atoms with Gasteiger partial charge >= 0.3 is 0 Å². The van der Waals surface area contributed by atoms with Gasteiger partial charge in [-0.1, -0.05) is 30.3 Å². The van der Waals surface area contributed by atoms with Crippen LogP contribution in [0.2, 0.25) is 0 Å². The van der Waals surface area contributed by atoms with E-state index in [-0.39, 0.29) is 0 Å². The highest BCUT2D eigenvalue weighted by molar-refractivity contribution is 7.91. The van der Waals surface area contributed by atoms with Crippen molar-refractivity contribution in [2.24, 2.45) is 5.73 Å². The third-order valence-electron chi connectivity index (χ3n) is 3.09. The molecule has 0 amide bonds. The summed E-state index contributed by atoms with van der Waals surface area (Å²) in [5, 5.41) is 1.79. The van der Waals surface area contributed by atoms with E-state index in [0.29, 0.717) is 23.7 Å². The summed E-state index contributed by atoms with van der Waals surface area (Å²) >= 11 is 1.22. The molecule has 2 rings (SSSR count). The lowest BCUT2D eigenvalue weighted by molar-refractivity contribution is 0.474.